The van der Waals surface area contributed by atoms with Crippen molar-refractivity contribution in [1.29, 1.82) is 0 Å². The molecule has 0 saturated carbocycles. The molecule has 1 fully saturated rings. The highest BCUT2D eigenvalue weighted by molar-refractivity contribution is 6.91. The third-order valence-electron chi connectivity index (χ3n) is 11.6. The van der Waals surface area contributed by atoms with Crippen LogP contribution < -0.4 is 24.5 Å². The summed E-state index contributed by atoms with van der Waals surface area (Å²) in [5.41, 5.74) is 2.47. The van der Waals surface area contributed by atoms with Crippen molar-refractivity contribution >= 4 is 42.1 Å². The highest BCUT2D eigenvalue weighted by atomic mass is 28.3. The van der Waals surface area contributed by atoms with E-state index in [1.807, 2.05) is 72.9 Å². The van der Waals surface area contributed by atoms with E-state index in [0.717, 1.165) is 17.0 Å². The number of aromatic nitrogens is 3. The van der Waals surface area contributed by atoms with Crippen LogP contribution in [0.4, 0.5) is 17.1 Å². The number of benzene rings is 4. The summed E-state index contributed by atoms with van der Waals surface area (Å²) in [5, 5.41) is 19.3. The van der Waals surface area contributed by atoms with Crippen molar-refractivity contribution in [3.63, 3.8) is 0 Å². The number of hydrogen-bond acceptors (Lipinski definition) is 8. The van der Waals surface area contributed by atoms with Gasteiger partial charge >= 0.3 is 0 Å². The van der Waals surface area contributed by atoms with E-state index in [2.05, 4.69) is 49.0 Å². The van der Waals surface area contributed by atoms with Crippen LogP contribution >= 0.6 is 0 Å². The van der Waals surface area contributed by atoms with Gasteiger partial charge in [0.2, 0.25) is 0 Å². The lowest BCUT2D eigenvalue weighted by atomic mass is 9.82. The first kappa shape index (κ1) is 36.4. The molecule has 1 N–H and O–H groups in total. The van der Waals surface area contributed by atoms with E-state index in [-0.39, 0.29) is 36.0 Å². The van der Waals surface area contributed by atoms with E-state index in [1.54, 1.807) is 39.8 Å². The van der Waals surface area contributed by atoms with Gasteiger partial charge in [0.25, 0.3) is 11.8 Å². The molecule has 0 bridgehead atoms. The normalized spacial score (nSPS) is 21.6. The molecule has 4 aromatic carbocycles. The highest BCUT2D eigenvalue weighted by Gasteiger charge is 2.66. The molecule has 3 aliphatic rings. The SMILES string of the molecule is C=CCN1C(=O)[C@]2(O[C@H](CCn3cc(CCO)nn3)[C@@H]([Si](C)(C)c3ccc(OC)cc3)[C@@H]2C)c2cc(N3C(=O)c4ccccc4Oc4ccccc43)ccc21. The molecule has 11 nitrogen and oxygen atoms in total. The number of carbonyl (C=O) groups excluding carboxylic acids is 2. The minimum absolute atomic E-state index is 0.00689. The molecule has 1 saturated heterocycles. The van der Waals surface area contributed by atoms with Gasteiger partial charge in [-0.25, -0.2) is 0 Å². The second-order valence-corrected chi connectivity index (χ2v) is 19.7. The maximum absolute atomic E-state index is 15.1. The lowest BCUT2D eigenvalue weighted by Gasteiger charge is -2.37. The van der Waals surface area contributed by atoms with Gasteiger partial charge in [0.05, 0.1) is 43.9 Å². The Morgan fingerprint density at radius 3 is 2.47 bits per heavy atom. The van der Waals surface area contributed by atoms with E-state index in [4.69, 9.17) is 14.2 Å². The quantitative estimate of drug-likeness (QED) is 0.116. The first-order valence-electron chi connectivity index (χ1n) is 18.7. The van der Waals surface area contributed by atoms with Crippen LogP contribution in [0.15, 0.2) is 110 Å². The smallest absolute Gasteiger partial charge is 0.266 e. The summed E-state index contributed by atoms with van der Waals surface area (Å²) in [6, 6.07) is 28.8. The van der Waals surface area contributed by atoms with Crippen molar-refractivity contribution in [3.8, 4) is 17.2 Å². The van der Waals surface area contributed by atoms with Crippen LogP contribution in [0.1, 0.15) is 35.0 Å². The lowest BCUT2D eigenvalue weighted by Crippen LogP contribution is -2.52. The predicted octanol–water partition coefficient (Wildman–Crippen LogP) is 6.74. The zero-order chi connectivity index (χ0) is 38.5. The fourth-order valence-corrected chi connectivity index (χ4v) is 13.1. The predicted molar refractivity (Wildman–Crippen MR) is 213 cm³/mol. The summed E-state index contributed by atoms with van der Waals surface area (Å²) in [7, 11) is -0.757. The second kappa shape index (κ2) is 14.3. The number of ether oxygens (including phenoxy) is 3. The standard InChI is InChI=1S/C43H45N5O6Si/c1-6-23-47-35-20-15-30(48-36-12-8-10-14-38(36)53-37-13-9-7-11-33(37)41(48)50)26-34(35)43(42(47)51)28(2)40(55(4,5)32-18-16-31(52-3)17-19-32)39(54-43)21-24-46-27-29(22-25-49)44-45-46/h6-20,26-28,39-40,49H,1,21-25H2,2-5H3/t28-,39+,40-,43+/m0/s1. The Labute approximate surface area is 321 Å². The number of hydrogen-bond donors (Lipinski definition) is 1. The Morgan fingerprint density at radius 1 is 0.982 bits per heavy atom. The minimum atomic E-state index is -2.42. The van der Waals surface area contributed by atoms with Gasteiger partial charge in [0.1, 0.15) is 11.5 Å². The summed E-state index contributed by atoms with van der Waals surface area (Å²) >= 11 is 0. The molecule has 0 aliphatic carbocycles. The second-order valence-electron chi connectivity index (χ2n) is 15.0. The molecular formula is C43H45N5O6Si. The van der Waals surface area contributed by atoms with Gasteiger partial charge in [-0.15, -0.1) is 11.7 Å². The van der Waals surface area contributed by atoms with E-state index < -0.39 is 13.7 Å². The zero-order valence-corrected chi connectivity index (χ0v) is 32.5. The summed E-state index contributed by atoms with van der Waals surface area (Å²) in [5.74, 6) is 1.18. The Hall–Kier alpha value is -5.56. The molecular weight excluding hydrogens is 711 g/mol. The summed E-state index contributed by atoms with van der Waals surface area (Å²) in [6.07, 6.45) is 4.28. The van der Waals surface area contributed by atoms with Crippen LogP contribution in [0.25, 0.3) is 0 Å². The highest BCUT2D eigenvalue weighted by Crippen LogP contribution is 2.60. The number of aliphatic hydroxyl groups is 1. The molecule has 55 heavy (non-hydrogen) atoms. The Balaban J connectivity index is 1.26. The molecule has 282 valence electrons. The third-order valence-corrected chi connectivity index (χ3v) is 16.0. The number of methoxy groups -OCH3 is 1. The zero-order valence-electron chi connectivity index (χ0n) is 31.5. The topological polar surface area (TPSA) is 119 Å². The molecule has 0 radical (unpaired) electrons. The third kappa shape index (κ3) is 5.96. The molecule has 5 aromatic rings. The van der Waals surface area contributed by atoms with Gasteiger partial charge in [-0.3, -0.25) is 19.2 Å². The van der Waals surface area contributed by atoms with Crippen LogP contribution in [-0.4, -0.2) is 66.4 Å². The number of aryl methyl sites for hydroxylation is 1. The van der Waals surface area contributed by atoms with Crippen molar-refractivity contribution in [1.82, 2.24) is 15.0 Å². The van der Waals surface area contributed by atoms with Crippen LogP contribution in [0, 0.1) is 5.92 Å². The molecule has 12 heteroatoms. The van der Waals surface area contributed by atoms with Crippen molar-refractivity contribution in [2.75, 3.05) is 30.1 Å². The van der Waals surface area contributed by atoms with Crippen molar-refractivity contribution in [2.45, 2.75) is 56.7 Å². The Bertz CT molecular complexity index is 2270. The fourth-order valence-electron chi connectivity index (χ4n) is 9.02. The number of para-hydroxylation sites is 3. The van der Waals surface area contributed by atoms with Gasteiger partial charge < -0.3 is 24.2 Å². The molecule has 1 spiro atoms. The van der Waals surface area contributed by atoms with Crippen molar-refractivity contribution in [3.05, 3.63) is 127 Å². The van der Waals surface area contributed by atoms with Crippen LogP contribution in [0.3, 0.4) is 0 Å². The summed E-state index contributed by atoms with van der Waals surface area (Å²) in [6.45, 7) is 11.7. The maximum atomic E-state index is 15.1. The molecule has 3 aliphatic heterocycles. The van der Waals surface area contributed by atoms with E-state index >= 15 is 4.79 Å². The first-order chi connectivity index (χ1) is 26.6. The first-order valence-corrected chi connectivity index (χ1v) is 21.8. The minimum Gasteiger partial charge on any atom is -0.497 e. The fraction of sp³-hybridized carbons (Fsp3) is 0.302. The van der Waals surface area contributed by atoms with Gasteiger partial charge in [-0.1, -0.05) is 72.9 Å². The molecule has 2 amide bonds. The van der Waals surface area contributed by atoms with Gasteiger partial charge in [-0.2, -0.15) is 0 Å². The largest absolute Gasteiger partial charge is 0.497 e. The number of amides is 2. The molecule has 0 unspecified atom stereocenters. The van der Waals surface area contributed by atoms with E-state index in [1.165, 1.54) is 5.19 Å². The van der Waals surface area contributed by atoms with E-state index in [9.17, 15) is 9.90 Å². The number of fused-ring (bicyclic) bond motifs is 4. The summed E-state index contributed by atoms with van der Waals surface area (Å²) in [4.78, 5) is 33.1. The van der Waals surface area contributed by atoms with Crippen LogP contribution in [-0.2, 0) is 28.1 Å². The molecule has 4 heterocycles. The average Bonchev–Trinajstić information content (AvgIpc) is 3.81. The summed E-state index contributed by atoms with van der Waals surface area (Å²) < 4.78 is 21.0. The monoisotopic (exact) mass is 755 g/mol. The average molecular weight is 756 g/mol. The van der Waals surface area contributed by atoms with Gasteiger partial charge in [-0.05, 0) is 66.6 Å². The van der Waals surface area contributed by atoms with Crippen molar-refractivity contribution < 1.29 is 28.9 Å². The number of anilines is 3. The Morgan fingerprint density at radius 2 is 1.73 bits per heavy atom. The van der Waals surface area contributed by atoms with Crippen LogP contribution in [0.5, 0.6) is 17.2 Å². The molecule has 8 rings (SSSR count). The van der Waals surface area contributed by atoms with Crippen LogP contribution in [0.2, 0.25) is 18.6 Å². The maximum Gasteiger partial charge on any atom is 0.266 e. The number of carbonyl (C=O) groups is 2. The van der Waals surface area contributed by atoms with E-state index in [0.29, 0.717) is 60.1 Å². The van der Waals surface area contributed by atoms with Crippen molar-refractivity contribution in [2.24, 2.45) is 5.92 Å². The lowest BCUT2D eigenvalue weighted by molar-refractivity contribution is -0.145. The number of nitrogens with zero attached hydrogens (tertiary/aromatic N) is 5. The molecule has 1 aromatic heterocycles. The number of aliphatic hydroxyl groups excluding tert-OH is 1. The number of rotatable bonds is 11. The van der Waals surface area contributed by atoms with Gasteiger partial charge in [0, 0.05) is 49.5 Å². The van der Waals surface area contributed by atoms with Gasteiger partial charge in [0.15, 0.2) is 11.4 Å². The molecule has 4 atom stereocenters. The Kier molecular flexibility index (Phi) is 9.44.